The van der Waals surface area contributed by atoms with Gasteiger partial charge in [0.25, 0.3) is 11.8 Å². The first kappa shape index (κ1) is 30.7. The number of ether oxygens (including phenoxy) is 1. The predicted molar refractivity (Wildman–Crippen MR) is 165 cm³/mol. The van der Waals surface area contributed by atoms with Crippen molar-refractivity contribution in [3.05, 3.63) is 131 Å². The van der Waals surface area contributed by atoms with Gasteiger partial charge in [0.05, 0.1) is 23.6 Å². The van der Waals surface area contributed by atoms with Crippen molar-refractivity contribution < 1.29 is 28.3 Å². The second-order valence-corrected chi connectivity index (χ2v) is 10.6. The molecule has 0 saturated carbocycles. The number of hydrogen-bond donors (Lipinski definition) is 3. The number of hydrogen-bond acceptors (Lipinski definition) is 6. The number of carbonyl (C=O) groups is 4. The third-order valence-corrected chi connectivity index (χ3v) is 7.19. The van der Waals surface area contributed by atoms with Crippen LogP contribution in [-0.4, -0.2) is 36.1 Å². The van der Waals surface area contributed by atoms with Crippen molar-refractivity contribution in [3.8, 4) is 0 Å². The summed E-state index contributed by atoms with van der Waals surface area (Å²) in [5.41, 5.74) is 1.26. The van der Waals surface area contributed by atoms with E-state index >= 15 is 0 Å². The summed E-state index contributed by atoms with van der Waals surface area (Å²) in [5.74, 6) is -2.66. The number of para-hydroxylation sites is 1. The average Bonchev–Trinajstić information content (AvgIpc) is 3.02. The summed E-state index contributed by atoms with van der Waals surface area (Å²) in [6, 6.07) is 27.6. The molecule has 43 heavy (non-hydrogen) atoms. The van der Waals surface area contributed by atoms with Crippen LogP contribution in [-0.2, 0) is 14.3 Å². The Morgan fingerprint density at radius 2 is 1.53 bits per heavy atom. The quantitative estimate of drug-likeness (QED) is 0.115. The van der Waals surface area contributed by atoms with Crippen LogP contribution in [0.2, 0.25) is 0 Å². The molecule has 1 unspecified atom stereocenters. The highest BCUT2D eigenvalue weighted by Crippen LogP contribution is 2.27. The Kier molecular flexibility index (Phi) is 10.4. The third-order valence-electron chi connectivity index (χ3n) is 6.10. The molecule has 0 aromatic heterocycles. The lowest BCUT2D eigenvalue weighted by Gasteiger charge is -2.15. The van der Waals surface area contributed by atoms with Crippen molar-refractivity contribution in [3.63, 3.8) is 0 Å². The topological polar surface area (TPSA) is 114 Å². The minimum atomic E-state index is -0.667. The molecule has 0 fully saturated rings. The number of benzene rings is 4. The van der Waals surface area contributed by atoms with Crippen LogP contribution in [0.4, 0.5) is 15.8 Å². The average molecular weight is 598 g/mol. The first-order chi connectivity index (χ1) is 20.7. The molecule has 4 aromatic rings. The number of nitrogens with one attached hydrogen (secondary N) is 3. The van der Waals surface area contributed by atoms with Gasteiger partial charge < -0.3 is 20.7 Å². The molecular formula is C33H28FN3O5S. The van der Waals surface area contributed by atoms with E-state index in [4.69, 9.17) is 4.74 Å². The standard InChI is InChI=1S/C33H28FN3O5S/c1-21(30(38)36-28-18-9-7-16-26(28)33(41)42-2)43-25-15-10-14-24(20-25)35-32(40)29(19-23-13-6-8-17-27(23)34)37-31(39)22-11-4-3-5-12-22/h3-21H,1-2H3,(H,35,40)(H,36,38)(H,37,39)/b29-19+. The number of esters is 1. The molecule has 0 spiro atoms. The number of halogens is 1. The fourth-order valence-electron chi connectivity index (χ4n) is 3.91. The van der Waals surface area contributed by atoms with Gasteiger partial charge in [0.2, 0.25) is 5.91 Å². The van der Waals surface area contributed by atoms with Gasteiger partial charge in [0, 0.05) is 21.7 Å². The van der Waals surface area contributed by atoms with Gasteiger partial charge in [-0.1, -0.05) is 54.6 Å². The van der Waals surface area contributed by atoms with E-state index in [-0.39, 0.29) is 22.7 Å². The van der Waals surface area contributed by atoms with Crippen molar-refractivity contribution in [1.29, 1.82) is 0 Å². The summed E-state index contributed by atoms with van der Waals surface area (Å²) in [6.07, 6.45) is 1.27. The summed E-state index contributed by atoms with van der Waals surface area (Å²) in [7, 11) is 1.26. The van der Waals surface area contributed by atoms with Gasteiger partial charge in [-0.3, -0.25) is 14.4 Å². The number of rotatable bonds is 10. The van der Waals surface area contributed by atoms with Crippen LogP contribution in [0.3, 0.4) is 0 Å². The fourth-order valence-corrected chi connectivity index (χ4v) is 4.83. The van der Waals surface area contributed by atoms with Crippen molar-refractivity contribution in [2.45, 2.75) is 17.1 Å². The van der Waals surface area contributed by atoms with E-state index in [1.54, 1.807) is 91.9 Å². The van der Waals surface area contributed by atoms with Crippen LogP contribution in [0.15, 0.2) is 114 Å². The summed E-state index contributed by atoms with van der Waals surface area (Å²) in [5, 5.41) is 7.51. The molecule has 0 bridgehead atoms. The summed E-state index contributed by atoms with van der Waals surface area (Å²) in [4.78, 5) is 51.8. The molecule has 0 heterocycles. The molecule has 3 N–H and O–H groups in total. The Bertz CT molecular complexity index is 1680. The number of thioether (sulfide) groups is 1. The highest BCUT2D eigenvalue weighted by molar-refractivity contribution is 8.00. The zero-order valence-corrected chi connectivity index (χ0v) is 24.1. The lowest BCUT2D eigenvalue weighted by molar-refractivity contribution is -0.115. The Morgan fingerprint density at radius 3 is 2.28 bits per heavy atom. The summed E-state index contributed by atoms with van der Waals surface area (Å²) >= 11 is 1.24. The maximum Gasteiger partial charge on any atom is 0.339 e. The van der Waals surface area contributed by atoms with E-state index in [1.165, 1.54) is 43.1 Å². The normalized spacial score (nSPS) is 11.7. The highest BCUT2D eigenvalue weighted by Gasteiger charge is 2.20. The largest absolute Gasteiger partial charge is 0.465 e. The van der Waals surface area contributed by atoms with E-state index in [0.29, 0.717) is 21.8 Å². The predicted octanol–water partition coefficient (Wildman–Crippen LogP) is 6.14. The molecule has 218 valence electrons. The molecule has 0 aliphatic carbocycles. The van der Waals surface area contributed by atoms with Crippen molar-refractivity contribution in [1.82, 2.24) is 5.32 Å². The maximum absolute atomic E-state index is 14.4. The molecular weight excluding hydrogens is 569 g/mol. The molecule has 8 nitrogen and oxygen atoms in total. The minimum absolute atomic E-state index is 0.124. The van der Waals surface area contributed by atoms with Gasteiger partial charge in [-0.05, 0) is 61.5 Å². The van der Waals surface area contributed by atoms with E-state index in [1.807, 2.05) is 0 Å². The Labute approximate surface area is 252 Å². The Balaban J connectivity index is 1.48. The fraction of sp³-hybridized carbons (Fsp3) is 0.0909. The molecule has 4 rings (SSSR count). The van der Waals surface area contributed by atoms with Crippen LogP contribution in [0, 0.1) is 5.82 Å². The smallest absolute Gasteiger partial charge is 0.339 e. The third kappa shape index (κ3) is 8.40. The van der Waals surface area contributed by atoms with Gasteiger partial charge in [-0.15, -0.1) is 11.8 Å². The van der Waals surface area contributed by atoms with E-state index < -0.39 is 28.9 Å². The van der Waals surface area contributed by atoms with Crippen molar-refractivity contribution >= 4 is 52.9 Å². The lowest BCUT2D eigenvalue weighted by atomic mass is 10.1. The number of methoxy groups -OCH3 is 1. The molecule has 4 aromatic carbocycles. The molecule has 0 radical (unpaired) electrons. The van der Waals surface area contributed by atoms with Crippen LogP contribution in [0.25, 0.3) is 6.08 Å². The second-order valence-electron chi connectivity index (χ2n) is 9.17. The Morgan fingerprint density at radius 1 is 0.837 bits per heavy atom. The molecule has 0 aliphatic rings. The van der Waals surface area contributed by atoms with Gasteiger partial charge in [-0.25, -0.2) is 9.18 Å². The minimum Gasteiger partial charge on any atom is -0.465 e. The molecule has 1 atom stereocenters. The van der Waals surface area contributed by atoms with Crippen molar-refractivity contribution in [2.75, 3.05) is 17.7 Å². The van der Waals surface area contributed by atoms with Crippen LogP contribution in [0.1, 0.15) is 33.2 Å². The zero-order chi connectivity index (χ0) is 30.8. The van der Waals surface area contributed by atoms with E-state index in [2.05, 4.69) is 16.0 Å². The van der Waals surface area contributed by atoms with Crippen LogP contribution in [0.5, 0.6) is 0 Å². The van der Waals surface area contributed by atoms with E-state index in [0.717, 1.165) is 0 Å². The van der Waals surface area contributed by atoms with Gasteiger partial charge in [0.1, 0.15) is 11.5 Å². The first-order valence-electron chi connectivity index (χ1n) is 13.1. The molecule has 0 saturated heterocycles. The second kappa shape index (κ2) is 14.6. The number of anilines is 2. The maximum atomic E-state index is 14.4. The van der Waals surface area contributed by atoms with Crippen molar-refractivity contribution in [2.24, 2.45) is 0 Å². The van der Waals surface area contributed by atoms with E-state index in [9.17, 15) is 23.6 Å². The van der Waals surface area contributed by atoms with Gasteiger partial charge >= 0.3 is 5.97 Å². The van der Waals surface area contributed by atoms with Crippen LogP contribution < -0.4 is 16.0 Å². The molecule has 0 aliphatic heterocycles. The Hall–Kier alpha value is -5.22. The monoisotopic (exact) mass is 597 g/mol. The molecule has 3 amide bonds. The van der Waals surface area contributed by atoms with Crippen LogP contribution >= 0.6 is 11.8 Å². The summed E-state index contributed by atoms with van der Waals surface area (Å²) < 4.78 is 19.2. The lowest BCUT2D eigenvalue weighted by Crippen LogP contribution is -2.30. The highest BCUT2D eigenvalue weighted by atomic mass is 32.2. The SMILES string of the molecule is COC(=O)c1ccccc1NC(=O)C(C)Sc1cccc(NC(=O)/C(=C\c2ccccc2F)NC(=O)c2ccccc2)c1. The van der Waals surface area contributed by atoms with Gasteiger partial charge in [-0.2, -0.15) is 0 Å². The first-order valence-corrected chi connectivity index (χ1v) is 14.0. The number of amides is 3. The number of carbonyl (C=O) groups excluding carboxylic acids is 4. The summed E-state index contributed by atoms with van der Waals surface area (Å²) in [6.45, 7) is 1.71. The van der Waals surface area contributed by atoms with Gasteiger partial charge in [0.15, 0.2) is 0 Å². The molecule has 10 heteroatoms. The zero-order valence-electron chi connectivity index (χ0n) is 23.3.